The van der Waals surface area contributed by atoms with Gasteiger partial charge in [-0.25, -0.2) is 0 Å². The fraction of sp³-hybridized carbons (Fsp3) is 0.222. The van der Waals surface area contributed by atoms with Crippen LogP contribution in [0.5, 0.6) is 0 Å². The molecule has 0 radical (unpaired) electrons. The number of aromatic nitrogens is 4. The SMILES string of the molecule is C\C=C/C=C(\C=C/C)n1ncnn1. The van der Waals surface area contributed by atoms with Gasteiger partial charge in [-0.15, -0.1) is 15.0 Å². The average molecular weight is 176 g/mol. The van der Waals surface area contributed by atoms with Crippen LogP contribution in [0.4, 0.5) is 0 Å². The van der Waals surface area contributed by atoms with Gasteiger partial charge in [-0.3, -0.25) is 0 Å². The van der Waals surface area contributed by atoms with Crippen molar-refractivity contribution in [1.82, 2.24) is 20.2 Å². The summed E-state index contributed by atoms with van der Waals surface area (Å²) in [5.74, 6) is 0. The largest absolute Gasteiger partial charge is 0.162 e. The smallest absolute Gasteiger partial charge is 0.135 e. The molecule has 0 aliphatic heterocycles. The molecule has 4 heteroatoms. The van der Waals surface area contributed by atoms with E-state index in [-0.39, 0.29) is 0 Å². The fourth-order valence-corrected chi connectivity index (χ4v) is 0.840. The lowest BCUT2D eigenvalue weighted by molar-refractivity contribution is 0.741. The minimum atomic E-state index is 0.887. The van der Waals surface area contributed by atoms with E-state index in [0.717, 1.165) is 5.70 Å². The Balaban J connectivity index is 2.93. The molecule has 0 fully saturated rings. The molecule has 13 heavy (non-hydrogen) atoms. The van der Waals surface area contributed by atoms with Crippen LogP contribution in [-0.4, -0.2) is 20.2 Å². The molecule has 0 N–H and O–H groups in total. The van der Waals surface area contributed by atoms with E-state index in [4.69, 9.17) is 0 Å². The zero-order valence-electron chi connectivity index (χ0n) is 7.75. The van der Waals surface area contributed by atoms with Gasteiger partial charge in [-0.1, -0.05) is 18.2 Å². The van der Waals surface area contributed by atoms with E-state index in [2.05, 4.69) is 15.4 Å². The van der Waals surface area contributed by atoms with Gasteiger partial charge in [0.05, 0.1) is 5.70 Å². The van der Waals surface area contributed by atoms with Crippen LogP contribution in [0.3, 0.4) is 0 Å². The molecule has 4 nitrogen and oxygen atoms in total. The Morgan fingerprint density at radius 1 is 1.31 bits per heavy atom. The molecule has 1 rings (SSSR count). The Morgan fingerprint density at radius 3 is 2.69 bits per heavy atom. The number of tetrazole rings is 1. The zero-order valence-corrected chi connectivity index (χ0v) is 7.75. The molecule has 0 aliphatic rings. The Labute approximate surface area is 77.3 Å². The predicted octanol–water partition coefficient (Wildman–Crippen LogP) is 1.67. The number of allylic oxidation sites excluding steroid dienone is 6. The summed E-state index contributed by atoms with van der Waals surface area (Å²) >= 11 is 0. The molecule has 0 amide bonds. The lowest BCUT2D eigenvalue weighted by Crippen LogP contribution is -1.99. The lowest BCUT2D eigenvalue weighted by Gasteiger charge is -1.95. The highest BCUT2D eigenvalue weighted by atomic mass is 15.6. The molecular formula is C9H12N4. The second kappa shape index (κ2) is 5.03. The minimum Gasteiger partial charge on any atom is -0.135 e. The van der Waals surface area contributed by atoms with Crippen molar-refractivity contribution < 1.29 is 0 Å². The van der Waals surface area contributed by atoms with Gasteiger partial charge in [0.15, 0.2) is 6.33 Å². The molecule has 0 unspecified atom stereocenters. The van der Waals surface area contributed by atoms with Crippen molar-refractivity contribution in [2.24, 2.45) is 0 Å². The number of hydrogen-bond acceptors (Lipinski definition) is 3. The van der Waals surface area contributed by atoms with Gasteiger partial charge in [0.25, 0.3) is 0 Å². The summed E-state index contributed by atoms with van der Waals surface area (Å²) < 4.78 is 0. The molecule has 0 aliphatic carbocycles. The monoisotopic (exact) mass is 176 g/mol. The van der Waals surface area contributed by atoms with E-state index in [9.17, 15) is 0 Å². The standard InChI is InChI=1S/C9H12N4/c1-3-5-7-9(6-4-2)13-11-8-10-12-13/h3-8H,1-2H3/b5-3-,6-4-,9-7+. The molecule has 0 aromatic carbocycles. The lowest BCUT2D eigenvalue weighted by atomic mass is 10.3. The topological polar surface area (TPSA) is 43.6 Å². The molecule has 1 aromatic rings. The van der Waals surface area contributed by atoms with Crippen LogP contribution in [0, 0.1) is 0 Å². The molecule has 0 bridgehead atoms. The summed E-state index contributed by atoms with van der Waals surface area (Å²) in [5.41, 5.74) is 0.887. The first-order valence-electron chi connectivity index (χ1n) is 4.07. The summed E-state index contributed by atoms with van der Waals surface area (Å²) in [6, 6.07) is 0. The van der Waals surface area contributed by atoms with Gasteiger partial charge in [0.1, 0.15) is 0 Å². The first kappa shape index (κ1) is 9.38. The first-order valence-corrected chi connectivity index (χ1v) is 4.07. The molecule has 0 saturated carbocycles. The van der Waals surface area contributed by atoms with E-state index < -0.39 is 0 Å². The van der Waals surface area contributed by atoms with Gasteiger partial charge >= 0.3 is 0 Å². The van der Waals surface area contributed by atoms with E-state index >= 15 is 0 Å². The summed E-state index contributed by atoms with van der Waals surface area (Å²) in [7, 11) is 0. The number of nitrogens with zero attached hydrogens (tertiary/aromatic N) is 4. The van der Waals surface area contributed by atoms with E-state index in [0.29, 0.717) is 0 Å². The Morgan fingerprint density at radius 2 is 2.15 bits per heavy atom. The van der Waals surface area contributed by atoms with Crippen molar-refractivity contribution in [3.05, 3.63) is 36.7 Å². The highest BCUT2D eigenvalue weighted by Gasteiger charge is 1.95. The van der Waals surface area contributed by atoms with Crippen LogP contribution < -0.4 is 0 Å². The molecule has 0 saturated heterocycles. The summed E-state index contributed by atoms with van der Waals surface area (Å²) in [5, 5.41) is 11.4. The normalized spacial score (nSPS) is 13.2. The van der Waals surface area contributed by atoms with Crippen molar-refractivity contribution in [3.63, 3.8) is 0 Å². The third-order valence-corrected chi connectivity index (χ3v) is 1.38. The molecular weight excluding hydrogens is 164 g/mol. The van der Waals surface area contributed by atoms with Gasteiger partial charge in [-0.2, -0.15) is 0 Å². The maximum Gasteiger partial charge on any atom is 0.162 e. The van der Waals surface area contributed by atoms with Crippen LogP contribution in [0.1, 0.15) is 13.8 Å². The second-order valence-electron chi connectivity index (χ2n) is 2.34. The Hall–Kier alpha value is -1.71. The van der Waals surface area contributed by atoms with Crippen molar-refractivity contribution in [1.29, 1.82) is 0 Å². The van der Waals surface area contributed by atoms with Gasteiger partial charge < -0.3 is 0 Å². The second-order valence-corrected chi connectivity index (χ2v) is 2.34. The molecule has 68 valence electrons. The van der Waals surface area contributed by atoms with Crippen LogP contribution in [0.15, 0.2) is 36.7 Å². The maximum atomic E-state index is 3.93. The average Bonchev–Trinajstić information content (AvgIpc) is 2.65. The van der Waals surface area contributed by atoms with Crippen LogP contribution in [0.25, 0.3) is 5.70 Å². The summed E-state index contributed by atoms with van der Waals surface area (Å²) in [6.45, 7) is 3.90. The van der Waals surface area contributed by atoms with E-state index in [1.54, 1.807) is 0 Å². The number of rotatable bonds is 3. The van der Waals surface area contributed by atoms with Crippen molar-refractivity contribution in [2.75, 3.05) is 0 Å². The van der Waals surface area contributed by atoms with E-state index in [1.165, 1.54) is 11.1 Å². The van der Waals surface area contributed by atoms with E-state index in [1.807, 2.05) is 44.2 Å². The highest BCUT2D eigenvalue weighted by Crippen LogP contribution is 2.01. The van der Waals surface area contributed by atoms with Gasteiger partial charge in [0.2, 0.25) is 0 Å². The first-order chi connectivity index (χ1) is 6.38. The Kier molecular flexibility index (Phi) is 3.63. The van der Waals surface area contributed by atoms with Gasteiger partial charge in [-0.05, 0) is 31.2 Å². The zero-order chi connectivity index (χ0) is 9.52. The summed E-state index contributed by atoms with van der Waals surface area (Å²) in [4.78, 5) is 1.47. The predicted molar refractivity (Wildman–Crippen MR) is 51.7 cm³/mol. The molecule has 0 atom stereocenters. The third-order valence-electron chi connectivity index (χ3n) is 1.38. The number of hydrogen-bond donors (Lipinski definition) is 0. The van der Waals surface area contributed by atoms with Crippen molar-refractivity contribution in [3.8, 4) is 0 Å². The highest BCUT2D eigenvalue weighted by molar-refractivity contribution is 5.56. The van der Waals surface area contributed by atoms with Crippen LogP contribution in [-0.2, 0) is 0 Å². The summed E-state index contributed by atoms with van der Waals surface area (Å²) in [6.07, 6.45) is 11.0. The molecule has 0 spiro atoms. The molecule has 1 aromatic heterocycles. The third kappa shape index (κ3) is 2.66. The quantitative estimate of drug-likeness (QED) is 0.658. The van der Waals surface area contributed by atoms with Crippen molar-refractivity contribution in [2.45, 2.75) is 13.8 Å². The maximum absolute atomic E-state index is 3.93. The van der Waals surface area contributed by atoms with Crippen molar-refractivity contribution >= 4 is 5.70 Å². The van der Waals surface area contributed by atoms with Crippen LogP contribution >= 0.6 is 0 Å². The fourth-order valence-electron chi connectivity index (χ4n) is 0.840. The van der Waals surface area contributed by atoms with Gasteiger partial charge in [0, 0.05) is 0 Å². The van der Waals surface area contributed by atoms with Crippen LogP contribution in [0.2, 0.25) is 0 Å². The molecule has 1 heterocycles. The Bertz CT molecular complexity index is 319. The minimum absolute atomic E-state index is 0.887.